The van der Waals surface area contributed by atoms with Gasteiger partial charge >= 0.3 is 0 Å². The average Bonchev–Trinajstić information content (AvgIpc) is 3.05. The Hall–Kier alpha value is -1.83. The predicted octanol–water partition coefficient (Wildman–Crippen LogP) is 3.82. The summed E-state index contributed by atoms with van der Waals surface area (Å²) in [5.74, 6) is -2.27. The Labute approximate surface area is 142 Å². The zero-order valence-corrected chi connectivity index (χ0v) is 14.1. The van der Waals surface area contributed by atoms with Crippen molar-refractivity contribution in [3.05, 3.63) is 35.4 Å². The van der Waals surface area contributed by atoms with Gasteiger partial charge in [-0.1, -0.05) is 31.0 Å². The van der Waals surface area contributed by atoms with Crippen LogP contribution in [-0.2, 0) is 0 Å². The van der Waals surface area contributed by atoms with Crippen molar-refractivity contribution < 1.29 is 13.6 Å². The van der Waals surface area contributed by atoms with Crippen LogP contribution < -0.4 is 0 Å². The van der Waals surface area contributed by atoms with Gasteiger partial charge in [0, 0.05) is 5.56 Å². The van der Waals surface area contributed by atoms with E-state index in [0.29, 0.717) is 5.16 Å². The molecule has 0 radical (unpaired) electrons. The van der Waals surface area contributed by atoms with Crippen molar-refractivity contribution in [1.29, 1.82) is 0 Å². The largest absolute Gasteiger partial charge is 0.293 e. The Bertz CT molecular complexity index is 731. The van der Waals surface area contributed by atoms with Gasteiger partial charge in [-0.05, 0) is 48.4 Å². The molecule has 0 N–H and O–H groups in total. The maximum atomic E-state index is 13.3. The molecule has 0 saturated heterocycles. The van der Waals surface area contributed by atoms with E-state index >= 15 is 0 Å². The van der Waals surface area contributed by atoms with Gasteiger partial charge < -0.3 is 0 Å². The summed E-state index contributed by atoms with van der Waals surface area (Å²) in [5, 5.41) is 11.9. The van der Waals surface area contributed by atoms with E-state index in [1.165, 1.54) is 24.2 Å². The first kappa shape index (κ1) is 17.0. The van der Waals surface area contributed by atoms with Gasteiger partial charge in [0.05, 0.1) is 11.3 Å². The number of ketones is 1. The molecule has 1 aliphatic carbocycles. The standard InChI is InChI=1S/C16H18F2N4OS/c1-10(15(23)11-7-8-13(17)14(18)9-11)24-16-19-20-21-22(16)12-5-3-2-4-6-12/h7-10,12H,2-6H2,1H3/t10-/m1/s1. The SMILES string of the molecule is C[C@@H](Sc1nnnn1C1CCCCC1)C(=O)c1ccc(F)c(F)c1. The van der Waals surface area contributed by atoms with Gasteiger partial charge in [0.15, 0.2) is 17.4 Å². The monoisotopic (exact) mass is 352 g/mol. The van der Waals surface area contributed by atoms with Gasteiger partial charge in [-0.3, -0.25) is 4.79 Å². The predicted molar refractivity (Wildman–Crippen MR) is 85.9 cm³/mol. The number of nitrogens with zero attached hydrogens (tertiary/aromatic N) is 4. The van der Waals surface area contributed by atoms with Gasteiger partial charge in [-0.25, -0.2) is 13.5 Å². The van der Waals surface area contributed by atoms with E-state index in [2.05, 4.69) is 15.5 Å². The molecule has 0 amide bonds. The molecule has 3 rings (SSSR count). The lowest BCUT2D eigenvalue weighted by molar-refractivity contribution is 0.0993. The van der Waals surface area contributed by atoms with Crippen LogP contribution in [-0.4, -0.2) is 31.2 Å². The number of hydrogen-bond donors (Lipinski definition) is 0. The highest BCUT2D eigenvalue weighted by Crippen LogP contribution is 2.32. The van der Waals surface area contributed by atoms with E-state index < -0.39 is 16.9 Å². The Balaban J connectivity index is 1.72. The van der Waals surface area contributed by atoms with Gasteiger partial charge in [-0.2, -0.15) is 0 Å². The van der Waals surface area contributed by atoms with E-state index in [9.17, 15) is 13.6 Å². The summed E-state index contributed by atoms with van der Waals surface area (Å²) in [6.45, 7) is 1.72. The van der Waals surface area contributed by atoms with Crippen molar-refractivity contribution in [3.8, 4) is 0 Å². The van der Waals surface area contributed by atoms with E-state index in [0.717, 1.165) is 37.8 Å². The molecule has 128 valence electrons. The molecule has 1 atom stereocenters. The topological polar surface area (TPSA) is 60.7 Å². The molecule has 1 saturated carbocycles. The molecule has 0 bridgehead atoms. The lowest BCUT2D eigenvalue weighted by atomic mass is 9.96. The summed E-state index contributed by atoms with van der Waals surface area (Å²) in [5.41, 5.74) is 0.144. The zero-order valence-electron chi connectivity index (χ0n) is 13.3. The summed E-state index contributed by atoms with van der Waals surface area (Å²) >= 11 is 1.24. The first-order valence-corrected chi connectivity index (χ1v) is 8.88. The molecule has 2 aromatic rings. The molecular weight excluding hydrogens is 334 g/mol. The number of carbonyl (C=O) groups excluding carboxylic acids is 1. The molecule has 1 aromatic heterocycles. The lowest BCUT2D eigenvalue weighted by Crippen LogP contribution is -2.18. The number of carbonyl (C=O) groups is 1. The number of hydrogen-bond acceptors (Lipinski definition) is 5. The van der Waals surface area contributed by atoms with Crippen LogP contribution in [0.2, 0.25) is 0 Å². The van der Waals surface area contributed by atoms with E-state index in [1.807, 2.05) is 0 Å². The maximum absolute atomic E-state index is 13.3. The Morgan fingerprint density at radius 1 is 1.25 bits per heavy atom. The fourth-order valence-corrected chi connectivity index (χ4v) is 3.85. The van der Waals surface area contributed by atoms with Crippen molar-refractivity contribution in [2.24, 2.45) is 0 Å². The van der Waals surface area contributed by atoms with Crippen molar-refractivity contribution >= 4 is 17.5 Å². The zero-order chi connectivity index (χ0) is 17.1. The average molecular weight is 352 g/mol. The second-order valence-corrected chi connectivity index (χ2v) is 7.26. The lowest BCUT2D eigenvalue weighted by Gasteiger charge is -2.22. The first-order valence-electron chi connectivity index (χ1n) is 8.00. The highest BCUT2D eigenvalue weighted by Gasteiger charge is 2.24. The van der Waals surface area contributed by atoms with E-state index in [1.54, 1.807) is 11.6 Å². The van der Waals surface area contributed by atoms with Crippen molar-refractivity contribution in [2.75, 3.05) is 0 Å². The summed E-state index contributed by atoms with van der Waals surface area (Å²) < 4.78 is 28.1. The molecular formula is C16H18F2N4OS. The Kier molecular flexibility index (Phi) is 5.23. The molecule has 1 fully saturated rings. The minimum absolute atomic E-state index is 0.144. The third-order valence-corrected chi connectivity index (χ3v) is 5.29. The molecule has 1 aromatic carbocycles. The summed E-state index contributed by atoms with van der Waals surface area (Å²) in [4.78, 5) is 12.4. The third-order valence-electron chi connectivity index (χ3n) is 4.24. The molecule has 0 spiro atoms. The number of Topliss-reactive ketones (excluding diaryl/α,β-unsaturated/α-hetero) is 1. The fourth-order valence-electron chi connectivity index (χ4n) is 2.91. The number of tetrazole rings is 1. The highest BCUT2D eigenvalue weighted by molar-refractivity contribution is 8.00. The maximum Gasteiger partial charge on any atom is 0.210 e. The Morgan fingerprint density at radius 3 is 2.71 bits per heavy atom. The quantitative estimate of drug-likeness (QED) is 0.605. The first-order chi connectivity index (χ1) is 11.6. The van der Waals surface area contributed by atoms with Crippen LogP contribution in [0, 0.1) is 11.6 Å². The normalized spacial score (nSPS) is 17.0. The summed E-state index contributed by atoms with van der Waals surface area (Å²) in [6, 6.07) is 3.45. The highest BCUT2D eigenvalue weighted by atomic mass is 32.2. The molecule has 0 aliphatic heterocycles. The van der Waals surface area contributed by atoms with E-state index in [-0.39, 0.29) is 17.4 Å². The van der Waals surface area contributed by atoms with Crippen LogP contribution in [0.15, 0.2) is 23.4 Å². The summed E-state index contributed by atoms with van der Waals surface area (Å²) in [7, 11) is 0. The van der Waals surface area contributed by atoms with Crippen LogP contribution >= 0.6 is 11.8 Å². The number of aromatic nitrogens is 4. The minimum atomic E-state index is -1.02. The molecule has 1 heterocycles. The van der Waals surface area contributed by atoms with Gasteiger partial charge in [-0.15, -0.1) is 5.10 Å². The van der Waals surface area contributed by atoms with Gasteiger partial charge in [0.1, 0.15) is 0 Å². The number of halogens is 2. The van der Waals surface area contributed by atoms with Crippen LogP contribution in [0.25, 0.3) is 0 Å². The molecule has 8 heteroatoms. The third kappa shape index (κ3) is 3.63. The second-order valence-electron chi connectivity index (χ2n) is 5.95. The Morgan fingerprint density at radius 2 is 2.00 bits per heavy atom. The molecule has 1 aliphatic rings. The van der Waals surface area contributed by atoms with Crippen molar-refractivity contribution in [2.45, 2.75) is 55.5 Å². The van der Waals surface area contributed by atoms with Crippen LogP contribution in [0.5, 0.6) is 0 Å². The van der Waals surface area contributed by atoms with Crippen LogP contribution in [0.1, 0.15) is 55.4 Å². The fraction of sp³-hybridized carbons (Fsp3) is 0.500. The molecule has 5 nitrogen and oxygen atoms in total. The van der Waals surface area contributed by atoms with Crippen molar-refractivity contribution in [1.82, 2.24) is 20.2 Å². The molecule has 0 unspecified atom stereocenters. The summed E-state index contributed by atoms with van der Waals surface area (Å²) in [6.07, 6.45) is 5.59. The number of benzene rings is 1. The smallest absolute Gasteiger partial charge is 0.210 e. The van der Waals surface area contributed by atoms with Gasteiger partial charge in [0.25, 0.3) is 0 Å². The second kappa shape index (κ2) is 7.38. The van der Waals surface area contributed by atoms with E-state index in [4.69, 9.17) is 0 Å². The minimum Gasteiger partial charge on any atom is -0.293 e. The van der Waals surface area contributed by atoms with Crippen LogP contribution in [0.4, 0.5) is 8.78 Å². The number of rotatable bonds is 5. The number of thioether (sulfide) groups is 1. The van der Waals surface area contributed by atoms with Gasteiger partial charge in [0.2, 0.25) is 5.16 Å². The van der Waals surface area contributed by atoms with Crippen molar-refractivity contribution in [3.63, 3.8) is 0 Å². The molecule has 24 heavy (non-hydrogen) atoms. The van der Waals surface area contributed by atoms with Crippen LogP contribution in [0.3, 0.4) is 0 Å².